The van der Waals surface area contributed by atoms with Gasteiger partial charge in [-0.2, -0.15) is 0 Å². The van der Waals surface area contributed by atoms with Gasteiger partial charge in [-0.1, -0.05) is 72.6 Å². The second kappa shape index (κ2) is 6.85. The molecule has 0 spiro atoms. The minimum absolute atomic E-state index is 0.238. The average molecular weight is 331 g/mol. The van der Waals surface area contributed by atoms with Gasteiger partial charge in [-0.25, -0.2) is 0 Å². The molecule has 0 aliphatic rings. The summed E-state index contributed by atoms with van der Waals surface area (Å²) in [6.45, 7) is 4.24. The van der Waals surface area contributed by atoms with Gasteiger partial charge in [-0.05, 0) is 29.2 Å². The quantitative estimate of drug-likeness (QED) is 0.639. The first kappa shape index (κ1) is 15.0. The van der Waals surface area contributed by atoms with E-state index in [0.717, 1.165) is 27.6 Å². The Bertz CT molecular complexity index is 569. The summed E-state index contributed by atoms with van der Waals surface area (Å²) >= 11 is 3.43. The molecule has 1 atom stereocenters. The molecule has 0 aliphatic heterocycles. The van der Waals surface area contributed by atoms with Crippen molar-refractivity contribution in [1.29, 1.82) is 0 Å². The molecule has 0 aliphatic carbocycles. The van der Waals surface area contributed by atoms with Gasteiger partial charge in [-0.15, -0.1) is 0 Å². The Balaban J connectivity index is 2.14. The zero-order chi connectivity index (χ0) is 14.5. The highest BCUT2D eigenvalue weighted by atomic mass is 79.9. The lowest BCUT2D eigenvalue weighted by Gasteiger charge is -2.08. The smallest absolute Gasteiger partial charge is 0.163 e. The molecule has 20 heavy (non-hydrogen) atoms. The Morgan fingerprint density at radius 3 is 2.00 bits per heavy atom. The first-order chi connectivity index (χ1) is 9.60. The van der Waals surface area contributed by atoms with Crippen molar-refractivity contribution < 1.29 is 4.79 Å². The molecule has 0 fully saturated rings. The van der Waals surface area contributed by atoms with Gasteiger partial charge in [0, 0.05) is 16.5 Å². The van der Waals surface area contributed by atoms with Crippen molar-refractivity contribution in [3.8, 4) is 11.1 Å². The van der Waals surface area contributed by atoms with Crippen LogP contribution < -0.4 is 0 Å². The van der Waals surface area contributed by atoms with Crippen molar-refractivity contribution in [2.75, 3.05) is 0 Å². The highest BCUT2D eigenvalue weighted by Gasteiger charge is 2.10. The van der Waals surface area contributed by atoms with Crippen LogP contribution in [0.3, 0.4) is 0 Å². The highest BCUT2D eigenvalue weighted by Crippen LogP contribution is 2.23. The Morgan fingerprint density at radius 2 is 1.50 bits per heavy atom. The third kappa shape index (κ3) is 3.80. The van der Waals surface area contributed by atoms with Gasteiger partial charge in [0.2, 0.25) is 0 Å². The summed E-state index contributed by atoms with van der Waals surface area (Å²) in [6, 6.07) is 16.1. The molecule has 0 heterocycles. The molecule has 2 aromatic carbocycles. The fourth-order valence-electron chi connectivity index (χ4n) is 2.07. The van der Waals surface area contributed by atoms with Crippen LogP contribution in [0.1, 0.15) is 37.0 Å². The van der Waals surface area contributed by atoms with Gasteiger partial charge in [0.05, 0.1) is 0 Å². The third-order valence-electron chi connectivity index (χ3n) is 3.62. The Labute approximate surface area is 129 Å². The summed E-state index contributed by atoms with van der Waals surface area (Å²) < 4.78 is 1.07. The van der Waals surface area contributed by atoms with E-state index in [1.165, 1.54) is 0 Å². The van der Waals surface area contributed by atoms with E-state index in [4.69, 9.17) is 0 Å². The van der Waals surface area contributed by atoms with Crippen LogP contribution >= 0.6 is 15.9 Å². The molecule has 0 N–H and O–H groups in total. The molecule has 0 saturated carbocycles. The van der Waals surface area contributed by atoms with E-state index in [9.17, 15) is 4.79 Å². The first-order valence-electron chi connectivity index (χ1n) is 6.99. The summed E-state index contributed by atoms with van der Waals surface area (Å²) in [5, 5.41) is 0. The summed E-state index contributed by atoms with van der Waals surface area (Å²) in [5.74, 6) is 0.690. The summed E-state index contributed by atoms with van der Waals surface area (Å²) in [5.41, 5.74) is 3.11. The normalized spacial score (nSPS) is 12.2. The minimum Gasteiger partial charge on any atom is -0.294 e. The standard InChI is InChI=1S/C18H19BrO/c1-3-13(2)12-18(20)16-6-4-14(5-7-16)15-8-10-17(19)11-9-15/h4-11,13H,3,12H2,1-2H3. The SMILES string of the molecule is CCC(C)CC(=O)c1ccc(-c2ccc(Br)cc2)cc1. The Kier molecular flexibility index (Phi) is 5.13. The monoisotopic (exact) mass is 330 g/mol. The van der Waals surface area contributed by atoms with Crippen LogP contribution in [0.25, 0.3) is 11.1 Å². The summed E-state index contributed by atoms with van der Waals surface area (Å²) in [4.78, 5) is 12.1. The van der Waals surface area contributed by atoms with Crippen LogP contribution in [0.15, 0.2) is 53.0 Å². The number of halogens is 1. The fraction of sp³-hybridized carbons (Fsp3) is 0.278. The summed E-state index contributed by atoms with van der Waals surface area (Å²) in [7, 11) is 0. The lowest BCUT2D eigenvalue weighted by molar-refractivity contribution is 0.0963. The maximum atomic E-state index is 12.1. The zero-order valence-corrected chi connectivity index (χ0v) is 13.5. The maximum Gasteiger partial charge on any atom is 0.163 e. The lowest BCUT2D eigenvalue weighted by Crippen LogP contribution is -2.05. The minimum atomic E-state index is 0.238. The fourth-order valence-corrected chi connectivity index (χ4v) is 2.33. The molecule has 1 unspecified atom stereocenters. The number of hydrogen-bond acceptors (Lipinski definition) is 1. The number of ketones is 1. The molecule has 0 radical (unpaired) electrons. The van der Waals surface area contributed by atoms with Crippen LogP contribution in [0.2, 0.25) is 0 Å². The predicted molar refractivity (Wildman–Crippen MR) is 88.0 cm³/mol. The van der Waals surface area contributed by atoms with Gasteiger partial charge in [0.25, 0.3) is 0 Å². The van der Waals surface area contributed by atoms with E-state index < -0.39 is 0 Å². The summed E-state index contributed by atoms with van der Waals surface area (Å²) in [6.07, 6.45) is 1.68. The lowest BCUT2D eigenvalue weighted by atomic mass is 9.96. The Morgan fingerprint density at radius 1 is 1.00 bits per heavy atom. The molecule has 0 saturated heterocycles. The van der Waals surface area contributed by atoms with E-state index in [0.29, 0.717) is 12.3 Å². The number of benzene rings is 2. The molecular formula is C18H19BrO. The van der Waals surface area contributed by atoms with Gasteiger partial charge in [-0.3, -0.25) is 4.79 Å². The molecule has 1 nitrogen and oxygen atoms in total. The van der Waals surface area contributed by atoms with E-state index in [-0.39, 0.29) is 5.78 Å². The topological polar surface area (TPSA) is 17.1 Å². The molecule has 2 aromatic rings. The van der Waals surface area contributed by atoms with Gasteiger partial charge in [0.1, 0.15) is 0 Å². The van der Waals surface area contributed by atoms with Gasteiger partial charge < -0.3 is 0 Å². The number of Topliss-reactive ketones (excluding diaryl/α,β-unsaturated/α-hetero) is 1. The van der Waals surface area contributed by atoms with Gasteiger partial charge in [0.15, 0.2) is 5.78 Å². The average Bonchev–Trinajstić information content (AvgIpc) is 2.48. The first-order valence-corrected chi connectivity index (χ1v) is 7.78. The molecule has 2 rings (SSSR count). The maximum absolute atomic E-state index is 12.1. The van der Waals surface area contributed by atoms with Crippen LogP contribution in [-0.4, -0.2) is 5.78 Å². The van der Waals surface area contributed by atoms with Crippen molar-refractivity contribution >= 4 is 21.7 Å². The second-order valence-electron chi connectivity index (χ2n) is 5.22. The van der Waals surface area contributed by atoms with Crippen LogP contribution in [0.4, 0.5) is 0 Å². The zero-order valence-electron chi connectivity index (χ0n) is 11.9. The molecule has 2 heteroatoms. The van der Waals surface area contributed by atoms with Crippen molar-refractivity contribution in [2.24, 2.45) is 5.92 Å². The van der Waals surface area contributed by atoms with Crippen LogP contribution in [0.5, 0.6) is 0 Å². The molecule has 0 bridgehead atoms. The second-order valence-corrected chi connectivity index (χ2v) is 6.14. The van der Waals surface area contributed by atoms with E-state index in [2.05, 4.69) is 41.9 Å². The molecule has 0 aromatic heterocycles. The van der Waals surface area contributed by atoms with Crippen molar-refractivity contribution in [2.45, 2.75) is 26.7 Å². The van der Waals surface area contributed by atoms with Crippen molar-refractivity contribution in [3.63, 3.8) is 0 Å². The van der Waals surface area contributed by atoms with Gasteiger partial charge >= 0.3 is 0 Å². The van der Waals surface area contributed by atoms with Crippen LogP contribution in [0, 0.1) is 5.92 Å². The number of rotatable bonds is 5. The van der Waals surface area contributed by atoms with E-state index in [1.807, 2.05) is 36.4 Å². The Hall–Kier alpha value is -1.41. The molecule has 104 valence electrons. The largest absolute Gasteiger partial charge is 0.294 e. The molecular weight excluding hydrogens is 312 g/mol. The third-order valence-corrected chi connectivity index (χ3v) is 4.14. The number of carbonyl (C=O) groups is 1. The van der Waals surface area contributed by atoms with Crippen molar-refractivity contribution in [1.82, 2.24) is 0 Å². The molecule has 0 amide bonds. The predicted octanol–water partition coefficient (Wildman–Crippen LogP) is 5.74. The van der Waals surface area contributed by atoms with Crippen molar-refractivity contribution in [3.05, 3.63) is 58.6 Å². The highest BCUT2D eigenvalue weighted by molar-refractivity contribution is 9.10. The van der Waals surface area contributed by atoms with Crippen LogP contribution in [-0.2, 0) is 0 Å². The van der Waals surface area contributed by atoms with E-state index in [1.54, 1.807) is 0 Å². The number of carbonyl (C=O) groups excluding carboxylic acids is 1. The van der Waals surface area contributed by atoms with E-state index >= 15 is 0 Å². The number of hydrogen-bond donors (Lipinski definition) is 0.